The van der Waals surface area contributed by atoms with Crippen molar-refractivity contribution in [3.63, 3.8) is 0 Å². The summed E-state index contributed by atoms with van der Waals surface area (Å²) >= 11 is 0. The van der Waals surface area contributed by atoms with E-state index in [9.17, 15) is 9.90 Å². The molecule has 0 aliphatic carbocycles. The van der Waals surface area contributed by atoms with Gasteiger partial charge in [0.15, 0.2) is 0 Å². The molecule has 0 aliphatic heterocycles. The van der Waals surface area contributed by atoms with Crippen LogP contribution >= 0.6 is 0 Å². The number of hydrogen-bond donors (Lipinski definition) is 1. The van der Waals surface area contributed by atoms with E-state index in [0.29, 0.717) is 45.9 Å². The fourth-order valence-corrected chi connectivity index (χ4v) is 1.47. The average molecular weight is 263 g/mol. The molecule has 1 atom stereocenters. The molecular formula is C12H25NO5. The SMILES string of the molecule is CCOCC(O)CN(CCOC)CCC(=O)OC. The molecule has 0 radical (unpaired) electrons. The summed E-state index contributed by atoms with van der Waals surface area (Å²) in [4.78, 5) is 13.0. The van der Waals surface area contributed by atoms with Crippen molar-refractivity contribution < 1.29 is 24.1 Å². The molecule has 6 heteroatoms. The van der Waals surface area contributed by atoms with Gasteiger partial charge in [-0.3, -0.25) is 9.69 Å². The maximum absolute atomic E-state index is 11.1. The van der Waals surface area contributed by atoms with Crippen LogP contribution in [0, 0.1) is 0 Å². The molecule has 0 rings (SSSR count). The summed E-state index contributed by atoms with van der Waals surface area (Å²) in [6.45, 7) is 4.99. The number of carbonyl (C=O) groups excluding carboxylic acids is 1. The molecule has 1 unspecified atom stereocenters. The Labute approximate surface area is 109 Å². The van der Waals surface area contributed by atoms with Gasteiger partial charge in [0.1, 0.15) is 0 Å². The fraction of sp³-hybridized carbons (Fsp3) is 0.917. The number of methoxy groups -OCH3 is 2. The predicted octanol–water partition coefficient (Wildman–Crippen LogP) is -0.105. The zero-order valence-corrected chi connectivity index (χ0v) is 11.6. The van der Waals surface area contributed by atoms with Crippen LogP contribution in [0.1, 0.15) is 13.3 Å². The van der Waals surface area contributed by atoms with Crippen LogP contribution in [0.4, 0.5) is 0 Å². The van der Waals surface area contributed by atoms with Crippen molar-refractivity contribution in [3.8, 4) is 0 Å². The molecule has 6 nitrogen and oxygen atoms in total. The summed E-state index contributed by atoms with van der Waals surface area (Å²) in [5.74, 6) is -0.253. The van der Waals surface area contributed by atoms with Crippen LogP contribution in [-0.2, 0) is 19.0 Å². The smallest absolute Gasteiger partial charge is 0.306 e. The van der Waals surface area contributed by atoms with E-state index < -0.39 is 6.10 Å². The maximum atomic E-state index is 11.1. The topological polar surface area (TPSA) is 68.2 Å². The number of carbonyl (C=O) groups is 1. The van der Waals surface area contributed by atoms with Crippen LogP contribution in [-0.4, -0.2) is 75.8 Å². The highest BCUT2D eigenvalue weighted by molar-refractivity contribution is 5.69. The third kappa shape index (κ3) is 9.35. The second kappa shape index (κ2) is 11.4. The maximum Gasteiger partial charge on any atom is 0.306 e. The lowest BCUT2D eigenvalue weighted by Crippen LogP contribution is -2.38. The molecule has 0 amide bonds. The van der Waals surface area contributed by atoms with Crippen molar-refractivity contribution >= 4 is 5.97 Å². The van der Waals surface area contributed by atoms with Crippen molar-refractivity contribution in [2.45, 2.75) is 19.4 Å². The van der Waals surface area contributed by atoms with Gasteiger partial charge in [-0.25, -0.2) is 0 Å². The Kier molecular flexibility index (Phi) is 11.0. The van der Waals surface area contributed by atoms with E-state index in [2.05, 4.69) is 4.74 Å². The quantitative estimate of drug-likeness (QED) is 0.525. The van der Waals surface area contributed by atoms with Crippen LogP contribution in [0.25, 0.3) is 0 Å². The Hall–Kier alpha value is -0.690. The number of rotatable bonds is 11. The molecule has 0 fully saturated rings. The first-order chi connectivity index (χ1) is 8.63. The Morgan fingerprint density at radius 1 is 1.33 bits per heavy atom. The Morgan fingerprint density at radius 3 is 2.61 bits per heavy atom. The number of hydrogen-bond acceptors (Lipinski definition) is 6. The van der Waals surface area contributed by atoms with Crippen LogP contribution in [0.3, 0.4) is 0 Å². The summed E-state index contributed by atoms with van der Waals surface area (Å²) in [6, 6.07) is 0. The predicted molar refractivity (Wildman–Crippen MR) is 67.4 cm³/mol. The molecule has 0 aromatic rings. The number of aliphatic hydroxyl groups excluding tert-OH is 1. The molecule has 108 valence electrons. The van der Waals surface area contributed by atoms with Gasteiger partial charge in [-0.2, -0.15) is 0 Å². The van der Waals surface area contributed by atoms with E-state index in [1.165, 1.54) is 7.11 Å². The molecule has 0 saturated heterocycles. The molecular weight excluding hydrogens is 238 g/mol. The minimum atomic E-state index is -0.556. The van der Waals surface area contributed by atoms with Crippen molar-refractivity contribution in [2.75, 3.05) is 53.7 Å². The van der Waals surface area contributed by atoms with E-state index in [1.54, 1.807) is 7.11 Å². The summed E-state index contributed by atoms with van der Waals surface area (Å²) in [5.41, 5.74) is 0. The molecule has 1 N–H and O–H groups in total. The molecule has 0 bridgehead atoms. The van der Waals surface area contributed by atoms with E-state index in [4.69, 9.17) is 9.47 Å². The summed E-state index contributed by atoms with van der Waals surface area (Å²) in [5, 5.41) is 9.75. The number of esters is 1. The third-order valence-electron chi connectivity index (χ3n) is 2.45. The van der Waals surface area contributed by atoms with Gasteiger partial charge in [0.25, 0.3) is 0 Å². The fourth-order valence-electron chi connectivity index (χ4n) is 1.47. The molecule has 0 heterocycles. The van der Waals surface area contributed by atoms with Crippen molar-refractivity contribution in [3.05, 3.63) is 0 Å². The van der Waals surface area contributed by atoms with Gasteiger partial charge in [-0.15, -0.1) is 0 Å². The summed E-state index contributed by atoms with van der Waals surface area (Å²) < 4.78 is 14.7. The van der Waals surface area contributed by atoms with Gasteiger partial charge in [0, 0.05) is 33.4 Å². The second-order valence-corrected chi connectivity index (χ2v) is 3.93. The number of nitrogens with zero attached hydrogens (tertiary/aromatic N) is 1. The van der Waals surface area contributed by atoms with Crippen LogP contribution < -0.4 is 0 Å². The summed E-state index contributed by atoms with van der Waals surface area (Å²) in [7, 11) is 2.99. The third-order valence-corrected chi connectivity index (χ3v) is 2.45. The van der Waals surface area contributed by atoms with Gasteiger partial charge in [0.2, 0.25) is 0 Å². The van der Waals surface area contributed by atoms with Gasteiger partial charge in [0.05, 0.1) is 32.8 Å². The molecule has 0 saturated carbocycles. The monoisotopic (exact) mass is 263 g/mol. The molecule has 0 spiro atoms. The van der Waals surface area contributed by atoms with Crippen molar-refractivity contribution in [1.29, 1.82) is 0 Å². The first-order valence-corrected chi connectivity index (χ1v) is 6.17. The van der Waals surface area contributed by atoms with Gasteiger partial charge in [-0.05, 0) is 6.92 Å². The average Bonchev–Trinajstić information content (AvgIpc) is 2.38. The zero-order chi connectivity index (χ0) is 13.8. The molecule has 18 heavy (non-hydrogen) atoms. The van der Waals surface area contributed by atoms with Crippen LogP contribution in [0.5, 0.6) is 0 Å². The van der Waals surface area contributed by atoms with E-state index in [0.717, 1.165) is 0 Å². The highest BCUT2D eigenvalue weighted by atomic mass is 16.5. The lowest BCUT2D eigenvalue weighted by molar-refractivity contribution is -0.141. The van der Waals surface area contributed by atoms with Gasteiger partial charge in [-0.1, -0.05) is 0 Å². The number of aliphatic hydroxyl groups is 1. The zero-order valence-electron chi connectivity index (χ0n) is 11.6. The first kappa shape index (κ1) is 17.3. The molecule has 0 aliphatic rings. The van der Waals surface area contributed by atoms with E-state index in [-0.39, 0.29) is 5.97 Å². The van der Waals surface area contributed by atoms with Crippen molar-refractivity contribution in [2.24, 2.45) is 0 Å². The Morgan fingerprint density at radius 2 is 2.06 bits per heavy atom. The van der Waals surface area contributed by atoms with Crippen LogP contribution in [0.15, 0.2) is 0 Å². The van der Waals surface area contributed by atoms with Gasteiger partial charge >= 0.3 is 5.97 Å². The van der Waals surface area contributed by atoms with E-state index in [1.807, 2.05) is 11.8 Å². The molecule has 0 aromatic heterocycles. The largest absolute Gasteiger partial charge is 0.469 e. The summed E-state index contributed by atoms with van der Waals surface area (Å²) in [6.07, 6.45) is -0.249. The van der Waals surface area contributed by atoms with Crippen molar-refractivity contribution in [1.82, 2.24) is 4.90 Å². The number of ether oxygens (including phenoxy) is 3. The minimum absolute atomic E-state index is 0.253. The van der Waals surface area contributed by atoms with E-state index >= 15 is 0 Å². The normalized spacial score (nSPS) is 12.7. The van der Waals surface area contributed by atoms with Crippen LogP contribution in [0.2, 0.25) is 0 Å². The second-order valence-electron chi connectivity index (χ2n) is 3.93. The standard InChI is InChI=1S/C12H25NO5/c1-4-18-10-11(14)9-13(7-8-16-2)6-5-12(15)17-3/h11,14H,4-10H2,1-3H3. The highest BCUT2D eigenvalue weighted by Gasteiger charge is 2.13. The lowest BCUT2D eigenvalue weighted by atomic mass is 10.3. The molecule has 0 aromatic carbocycles. The highest BCUT2D eigenvalue weighted by Crippen LogP contribution is 1.98. The Balaban J connectivity index is 4.00. The minimum Gasteiger partial charge on any atom is -0.469 e. The first-order valence-electron chi connectivity index (χ1n) is 6.17. The lowest BCUT2D eigenvalue weighted by Gasteiger charge is -2.24. The van der Waals surface area contributed by atoms with Gasteiger partial charge < -0.3 is 19.3 Å². The Bertz CT molecular complexity index is 213.